The molecule has 2 rings (SSSR count). The van der Waals surface area contributed by atoms with Crippen molar-refractivity contribution in [1.29, 1.82) is 0 Å². The average Bonchev–Trinajstić information content (AvgIpc) is 2.37. The molecule has 20 heavy (non-hydrogen) atoms. The summed E-state index contributed by atoms with van der Waals surface area (Å²) < 4.78 is 5.66. The van der Waals surface area contributed by atoms with E-state index in [0.29, 0.717) is 13.0 Å². The molecule has 5 heteroatoms. The topological polar surface area (TPSA) is 72.5 Å². The molecule has 1 aromatic rings. The molecule has 1 aromatic carbocycles. The van der Waals surface area contributed by atoms with Gasteiger partial charge in [0.1, 0.15) is 5.75 Å². The summed E-state index contributed by atoms with van der Waals surface area (Å²) in [4.78, 5) is 10.4. The van der Waals surface area contributed by atoms with Crippen LogP contribution in [0.3, 0.4) is 0 Å². The fourth-order valence-corrected chi connectivity index (χ4v) is 2.42. The minimum absolute atomic E-state index is 0. The Morgan fingerprint density at radius 2 is 2.15 bits per heavy atom. The van der Waals surface area contributed by atoms with Gasteiger partial charge >= 0.3 is 5.97 Å². The van der Waals surface area contributed by atoms with Crippen LogP contribution >= 0.6 is 12.4 Å². The lowest BCUT2D eigenvalue weighted by Gasteiger charge is -2.22. The van der Waals surface area contributed by atoms with Crippen LogP contribution in [-0.2, 0) is 17.6 Å². The Kier molecular flexibility index (Phi) is 6.82. The van der Waals surface area contributed by atoms with E-state index in [1.165, 1.54) is 11.1 Å². The van der Waals surface area contributed by atoms with Gasteiger partial charge in [0.2, 0.25) is 0 Å². The predicted octanol–water partition coefficient (Wildman–Crippen LogP) is 2.56. The van der Waals surface area contributed by atoms with Gasteiger partial charge in [-0.3, -0.25) is 4.79 Å². The summed E-state index contributed by atoms with van der Waals surface area (Å²) in [5.41, 5.74) is 8.64. The monoisotopic (exact) mass is 299 g/mol. The summed E-state index contributed by atoms with van der Waals surface area (Å²) in [6.45, 7) is 0.568. The standard InChI is InChI=1S/C15H21NO3.ClH/c16-13-6-4-11-5-7-14(10-12(11)9-13)19-8-2-1-3-15(17)18;/h5,7,10,13H,1-4,6,8-9,16H2,(H,17,18);1H. The molecule has 1 unspecified atom stereocenters. The van der Waals surface area contributed by atoms with Crippen molar-refractivity contribution in [3.63, 3.8) is 0 Å². The maximum Gasteiger partial charge on any atom is 0.303 e. The zero-order valence-corrected chi connectivity index (χ0v) is 12.3. The van der Waals surface area contributed by atoms with Crippen LogP contribution in [0, 0.1) is 0 Å². The van der Waals surface area contributed by atoms with Gasteiger partial charge < -0.3 is 15.6 Å². The van der Waals surface area contributed by atoms with E-state index in [1.54, 1.807) is 0 Å². The Morgan fingerprint density at radius 3 is 2.90 bits per heavy atom. The molecule has 0 bridgehead atoms. The average molecular weight is 300 g/mol. The molecule has 0 spiro atoms. The Balaban J connectivity index is 0.00000200. The number of aliphatic carboxylic acids is 1. The minimum Gasteiger partial charge on any atom is -0.494 e. The normalized spacial score (nSPS) is 16.9. The number of hydrogen-bond acceptors (Lipinski definition) is 3. The third kappa shape index (κ3) is 5.02. The van der Waals surface area contributed by atoms with Crippen molar-refractivity contribution < 1.29 is 14.6 Å². The number of unbranched alkanes of at least 4 members (excludes halogenated alkanes) is 1. The fourth-order valence-electron chi connectivity index (χ4n) is 2.42. The molecule has 0 saturated carbocycles. The summed E-state index contributed by atoms with van der Waals surface area (Å²) in [6, 6.07) is 6.45. The van der Waals surface area contributed by atoms with Crippen molar-refractivity contribution in [3.05, 3.63) is 29.3 Å². The van der Waals surface area contributed by atoms with Crippen molar-refractivity contribution in [2.45, 2.75) is 44.6 Å². The maximum absolute atomic E-state index is 10.4. The second-order valence-electron chi connectivity index (χ2n) is 5.13. The van der Waals surface area contributed by atoms with E-state index < -0.39 is 5.97 Å². The molecule has 0 aromatic heterocycles. The number of carbonyl (C=O) groups is 1. The van der Waals surface area contributed by atoms with Crippen molar-refractivity contribution in [3.8, 4) is 5.75 Å². The molecular weight excluding hydrogens is 278 g/mol. The Morgan fingerprint density at radius 1 is 1.35 bits per heavy atom. The Bertz CT molecular complexity index is 451. The van der Waals surface area contributed by atoms with Crippen LogP contribution < -0.4 is 10.5 Å². The molecule has 0 aliphatic heterocycles. The quantitative estimate of drug-likeness (QED) is 0.792. The van der Waals surface area contributed by atoms with Gasteiger partial charge in [0.25, 0.3) is 0 Å². The van der Waals surface area contributed by atoms with E-state index in [9.17, 15) is 4.79 Å². The molecule has 0 radical (unpaired) electrons. The molecule has 1 aliphatic carbocycles. The summed E-state index contributed by atoms with van der Waals surface area (Å²) in [6.07, 6.45) is 4.67. The summed E-state index contributed by atoms with van der Waals surface area (Å²) in [5.74, 6) is 0.117. The Labute approximate surface area is 125 Å². The molecular formula is C15H22ClNO3. The number of carboxylic acids is 1. The lowest BCUT2D eigenvalue weighted by atomic mass is 9.89. The van der Waals surface area contributed by atoms with Crippen molar-refractivity contribution >= 4 is 18.4 Å². The van der Waals surface area contributed by atoms with Gasteiger partial charge in [-0.15, -0.1) is 12.4 Å². The van der Waals surface area contributed by atoms with E-state index in [2.05, 4.69) is 12.1 Å². The first-order valence-electron chi connectivity index (χ1n) is 6.87. The largest absolute Gasteiger partial charge is 0.494 e. The van der Waals surface area contributed by atoms with Gasteiger partial charge in [-0.2, -0.15) is 0 Å². The SMILES string of the molecule is Cl.NC1CCc2ccc(OCCCCC(=O)O)cc2C1. The molecule has 0 heterocycles. The zero-order chi connectivity index (χ0) is 13.7. The lowest BCUT2D eigenvalue weighted by Crippen LogP contribution is -2.27. The molecule has 0 fully saturated rings. The summed E-state index contributed by atoms with van der Waals surface area (Å²) in [7, 11) is 0. The third-order valence-electron chi connectivity index (χ3n) is 3.50. The van der Waals surface area contributed by atoms with E-state index >= 15 is 0 Å². The molecule has 3 N–H and O–H groups in total. The van der Waals surface area contributed by atoms with Crippen LogP contribution in [-0.4, -0.2) is 23.7 Å². The second-order valence-corrected chi connectivity index (χ2v) is 5.13. The van der Waals surface area contributed by atoms with E-state index in [0.717, 1.165) is 31.4 Å². The smallest absolute Gasteiger partial charge is 0.303 e. The van der Waals surface area contributed by atoms with Crippen LogP contribution in [0.15, 0.2) is 18.2 Å². The van der Waals surface area contributed by atoms with Crippen molar-refractivity contribution in [2.24, 2.45) is 5.73 Å². The number of halogens is 1. The fraction of sp³-hybridized carbons (Fsp3) is 0.533. The van der Waals surface area contributed by atoms with Crippen LogP contribution in [0.5, 0.6) is 5.75 Å². The molecule has 0 saturated heterocycles. The number of aryl methyl sites for hydroxylation is 1. The highest BCUT2D eigenvalue weighted by Crippen LogP contribution is 2.25. The van der Waals surface area contributed by atoms with Gasteiger partial charge in [0.05, 0.1) is 6.61 Å². The van der Waals surface area contributed by atoms with E-state index in [4.69, 9.17) is 15.6 Å². The highest BCUT2D eigenvalue weighted by molar-refractivity contribution is 5.85. The van der Waals surface area contributed by atoms with Crippen LogP contribution in [0.1, 0.15) is 36.8 Å². The van der Waals surface area contributed by atoms with Gasteiger partial charge in [0, 0.05) is 12.5 Å². The maximum atomic E-state index is 10.4. The first-order valence-corrected chi connectivity index (χ1v) is 6.87. The van der Waals surface area contributed by atoms with Crippen LogP contribution in [0.4, 0.5) is 0 Å². The number of rotatable bonds is 6. The van der Waals surface area contributed by atoms with Gasteiger partial charge in [0.15, 0.2) is 0 Å². The second kappa shape index (κ2) is 8.12. The number of ether oxygens (including phenoxy) is 1. The zero-order valence-electron chi connectivity index (χ0n) is 11.5. The van der Waals surface area contributed by atoms with Crippen molar-refractivity contribution in [2.75, 3.05) is 6.61 Å². The number of nitrogens with two attached hydrogens (primary N) is 1. The minimum atomic E-state index is -0.747. The van der Waals surface area contributed by atoms with E-state index in [1.807, 2.05) is 6.07 Å². The molecule has 112 valence electrons. The highest BCUT2D eigenvalue weighted by Gasteiger charge is 2.15. The van der Waals surface area contributed by atoms with Crippen LogP contribution in [0.25, 0.3) is 0 Å². The summed E-state index contributed by atoms with van der Waals surface area (Å²) >= 11 is 0. The molecule has 0 amide bonds. The predicted molar refractivity (Wildman–Crippen MR) is 80.7 cm³/mol. The number of benzene rings is 1. The van der Waals surface area contributed by atoms with Gasteiger partial charge in [-0.25, -0.2) is 0 Å². The van der Waals surface area contributed by atoms with Gasteiger partial charge in [-0.1, -0.05) is 6.07 Å². The first-order chi connectivity index (χ1) is 9.15. The van der Waals surface area contributed by atoms with Crippen LogP contribution in [0.2, 0.25) is 0 Å². The Hall–Kier alpha value is -1.26. The number of carboxylic acid groups (broad SMARTS) is 1. The molecule has 4 nitrogen and oxygen atoms in total. The van der Waals surface area contributed by atoms with E-state index in [-0.39, 0.29) is 24.9 Å². The molecule has 1 atom stereocenters. The lowest BCUT2D eigenvalue weighted by molar-refractivity contribution is -0.137. The van der Waals surface area contributed by atoms with Crippen molar-refractivity contribution in [1.82, 2.24) is 0 Å². The first kappa shape index (κ1) is 16.8. The number of fused-ring (bicyclic) bond motifs is 1. The summed E-state index contributed by atoms with van der Waals surface area (Å²) in [5, 5.41) is 8.53. The third-order valence-corrected chi connectivity index (χ3v) is 3.50. The number of hydrogen-bond donors (Lipinski definition) is 2. The van der Waals surface area contributed by atoms with Gasteiger partial charge in [-0.05, 0) is 55.4 Å². The molecule has 1 aliphatic rings. The highest BCUT2D eigenvalue weighted by atomic mass is 35.5.